The largest absolute Gasteiger partial charge is 0.277 e. The van der Waals surface area contributed by atoms with Gasteiger partial charge >= 0.3 is 0 Å². The van der Waals surface area contributed by atoms with E-state index in [1.807, 2.05) is 5.92 Å². The lowest BCUT2D eigenvalue weighted by atomic mass is 10.3. The molecule has 1 aromatic rings. The van der Waals surface area contributed by atoms with Gasteiger partial charge in [-0.05, 0) is 11.8 Å². The van der Waals surface area contributed by atoms with E-state index in [1.54, 1.807) is 5.38 Å². The molecule has 1 rings (SSSR count). The molecule has 0 bridgehead atoms. The molecule has 2 nitrogen and oxygen atoms in total. The molecule has 0 radical (unpaired) electrons. The van der Waals surface area contributed by atoms with Gasteiger partial charge in [0.2, 0.25) is 0 Å². The number of terminal acetylenes is 1. The highest BCUT2D eigenvalue weighted by Gasteiger charge is 2.09. The second-order valence-corrected chi connectivity index (χ2v) is 9.62. The van der Waals surface area contributed by atoms with Gasteiger partial charge in [-0.1, -0.05) is 19.6 Å². The minimum atomic E-state index is -1.39. The Morgan fingerprint density at radius 3 is 2.73 bits per heavy atom. The molecular formula is C11H11NOSSi. The van der Waals surface area contributed by atoms with Crippen molar-refractivity contribution in [1.29, 1.82) is 0 Å². The minimum absolute atomic E-state index is 0.322. The summed E-state index contributed by atoms with van der Waals surface area (Å²) < 4.78 is 0. The van der Waals surface area contributed by atoms with Gasteiger partial charge in [-0.25, -0.2) is 4.98 Å². The highest BCUT2D eigenvalue weighted by atomic mass is 32.1. The number of rotatable bonds is 1. The fourth-order valence-corrected chi connectivity index (χ4v) is 1.98. The van der Waals surface area contributed by atoms with Crippen LogP contribution in [0.3, 0.4) is 0 Å². The van der Waals surface area contributed by atoms with E-state index in [0.717, 1.165) is 0 Å². The SMILES string of the molecule is C#CC(=O)c1csc(C#C[Si](C)(C)C)n1. The second-order valence-electron chi connectivity index (χ2n) is 4.01. The number of hydrogen-bond acceptors (Lipinski definition) is 3. The molecule has 15 heavy (non-hydrogen) atoms. The van der Waals surface area contributed by atoms with Crippen LogP contribution < -0.4 is 0 Å². The Bertz CT molecular complexity index is 479. The van der Waals surface area contributed by atoms with E-state index >= 15 is 0 Å². The lowest BCUT2D eigenvalue weighted by Crippen LogP contribution is -2.16. The van der Waals surface area contributed by atoms with Gasteiger partial charge in [-0.2, -0.15) is 0 Å². The maximum absolute atomic E-state index is 11.1. The highest BCUT2D eigenvalue weighted by molar-refractivity contribution is 7.10. The first kappa shape index (κ1) is 11.7. The van der Waals surface area contributed by atoms with Crippen molar-refractivity contribution in [3.63, 3.8) is 0 Å². The van der Waals surface area contributed by atoms with E-state index in [-0.39, 0.29) is 5.78 Å². The molecule has 0 fully saturated rings. The average molecular weight is 233 g/mol. The molecule has 76 valence electrons. The van der Waals surface area contributed by atoms with Crippen LogP contribution in [0.4, 0.5) is 0 Å². The number of ketones is 1. The third kappa shape index (κ3) is 3.71. The molecule has 0 aliphatic rings. The third-order valence-corrected chi connectivity index (χ3v) is 3.05. The van der Waals surface area contributed by atoms with Crippen LogP contribution in [-0.4, -0.2) is 18.8 Å². The molecule has 0 unspecified atom stereocenters. The van der Waals surface area contributed by atoms with Crippen LogP contribution in [0, 0.1) is 23.8 Å². The monoisotopic (exact) mass is 233 g/mol. The average Bonchev–Trinajstić information content (AvgIpc) is 2.61. The molecule has 0 aromatic carbocycles. The third-order valence-electron chi connectivity index (χ3n) is 1.41. The summed E-state index contributed by atoms with van der Waals surface area (Å²) in [5.41, 5.74) is 3.50. The fourth-order valence-electron chi connectivity index (χ4n) is 0.750. The predicted octanol–water partition coefficient (Wildman–Crippen LogP) is 2.19. The Labute approximate surface area is 94.8 Å². The molecule has 0 atom stereocenters. The molecule has 0 spiro atoms. The lowest BCUT2D eigenvalue weighted by Gasteiger charge is -2.02. The van der Waals surface area contributed by atoms with Crippen LogP contribution >= 0.6 is 11.3 Å². The van der Waals surface area contributed by atoms with E-state index in [0.29, 0.717) is 10.7 Å². The molecule has 0 aliphatic heterocycles. The molecule has 0 amide bonds. The summed E-state index contributed by atoms with van der Waals surface area (Å²) in [5.74, 6) is 4.63. The van der Waals surface area contributed by atoms with Crippen LogP contribution in [0.2, 0.25) is 19.6 Å². The summed E-state index contributed by atoms with van der Waals surface area (Å²) in [4.78, 5) is 15.2. The van der Waals surface area contributed by atoms with Crippen LogP contribution in [0.5, 0.6) is 0 Å². The van der Waals surface area contributed by atoms with Gasteiger partial charge in [0.05, 0.1) is 0 Å². The van der Waals surface area contributed by atoms with E-state index in [2.05, 4.69) is 36.1 Å². The zero-order valence-corrected chi connectivity index (χ0v) is 10.7. The molecule has 1 heterocycles. The summed E-state index contributed by atoms with van der Waals surface area (Å²) in [6, 6.07) is 0. The normalized spacial score (nSPS) is 10.0. The Hall–Kier alpha value is -1.36. The topological polar surface area (TPSA) is 30.0 Å². The standard InChI is InChI=1S/C11H11NOSSi/c1-5-10(13)9-8-14-11(12-9)6-7-15(2,3)4/h1,8H,2-4H3. The second kappa shape index (κ2) is 4.44. The van der Waals surface area contributed by atoms with E-state index in [4.69, 9.17) is 6.42 Å². The van der Waals surface area contributed by atoms with E-state index in [1.165, 1.54) is 11.3 Å². The van der Waals surface area contributed by atoms with Crippen molar-refractivity contribution in [1.82, 2.24) is 4.98 Å². The summed E-state index contributed by atoms with van der Waals surface area (Å²) in [7, 11) is -1.39. The Kier molecular flexibility index (Phi) is 3.46. The van der Waals surface area contributed by atoms with Crippen LogP contribution in [0.25, 0.3) is 0 Å². The van der Waals surface area contributed by atoms with E-state index in [9.17, 15) is 4.79 Å². The molecule has 0 aliphatic carbocycles. The number of thiazole rings is 1. The molecular weight excluding hydrogens is 222 g/mol. The van der Waals surface area contributed by atoms with Crippen molar-refractivity contribution >= 4 is 25.2 Å². The van der Waals surface area contributed by atoms with Gasteiger partial charge in [0.1, 0.15) is 13.8 Å². The predicted molar refractivity (Wildman–Crippen MR) is 65.5 cm³/mol. The van der Waals surface area contributed by atoms with Gasteiger partial charge in [-0.3, -0.25) is 4.79 Å². The summed E-state index contributed by atoms with van der Waals surface area (Å²) in [6.07, 6.45) is 4.99. The van der Waals surface area contributed by atoms with Crippen LogP contribution in [0.15, 0.2) is 5.38 Å². The maximum Gasteiger partial charge on any atom is 0.254 e. The fraction of sp³-hybridized carbons (Fsp3) is 0.273. The van der Waals surface area contributed by atoms with Gasteiger partial charge in [0.25, 0.3) is 5.78 Å². The van der Waals surface area contributed by atoms with Crippen molar-refractivity contribution in [2.75, 3.05) is 0 Å². The Morgan fingerprint density at radius 2 is 2.20 bits per heavy atom. The summed E-state index contributed by atoms with van der Waals surface area (Å²) in [6.45, 7) is 6.46. The molecule has 4 heteroatoms. The van der Waals surface area contributed by atoms with Gasteiger partial charge in [0, 0.05) is 5.38 Å². The van der Waals surface area contributed by atoms with Crippen molar-refractivity contribution in [2.24, 2.45) is 0 Å². The van der Waals surface area contributed by atoms with E-state index < -0.39 is 8.07 Å². The first-order valence-electron chi connectivity index (χ1n) is 4.42. The first-order valence-corrected chi connectivity index (χ1v) is 8.80. The van der Waals surface area contributed by atoms with Crippen molar-refractivity contribution < 1.29 is 4.79 Å². The lowest BCUT2D eigenvalue weighted by molar-refractivity contribution is 0.105. The highest BCUT2D eigenvalue weighted by Crippen LogP contribution is 2.09. The number of carbonyl (C=O) groups is 1. The number of Topliss-reactive ketones (excluding diaryl/α,β-unsaturated/α-hetero) is 1. The summed E-state index contributed by atoms with van der Waals surface area (Å²) in [5, 5.41) is 2.31. The molecule has 0 saturated heterocycles. The smallest absolute Gasteiger partial charge is 0.254 e. The van der Waals surface area contributed by atoms with Crippen LogP contribution in [0.1, 0.15) is 15.5 Å². The van der Waals surface area contributed by atoms with Gasteiger partial charge < -0.3 is 0 Å². The number of hydrogen-bond donors (Lipinski definition) is 0. The van der Waals surface area contributed by atoms with Crippen molar-refractivity contribution in [2.45, 2.75) is 19.6 Å². The van der Waals surface area contributed by atoms with Crippen LogP contribution in [-0.2, 0) is 0 Å². The van der Waals surface area contributed by atoms with Gasteiger partial charge in [0.15, 0.2) is 5.01 Å². The maximum atomic E-state index is 11.1. The molecule has 0 N–H and O–H groups in total. The number of carbonyl (C=O) groups excluding carboxylic acids is 1. The molecule has 1 aromatic heterocycles. The Balaban J connectivity index is 2.91. The Morgan fingerprint density at radius 1 is 1.53 bits per heavy atom. The number of aromatic nitrogens is 1. The quantitative estimate of drug-likeness (QED) is 0.322. The minimum Gasteiger partial charge on any atom is -0.277 e. The number of nitrogens with zero attached hydrogens (tertiary/aromatic N) is 1. The first-order chi connectivity index (χ1) is 6.92. The van der Waals surface area contributed by atoms with Gasteiger partial charge in [-0.15, -0.1) is 23.3 Å². The summed E-state index contributed by atoms with van der Waals surface area (Å²) >= 11 is 1.36. The van der Waals surface area contributed by atoms with Crippen molar-refractivity contribution in [3.05, 3.63) is 16.1 Å². The molecule has 0 saturated carbocycles. The zero-order chi connectivity index (χ0) is 11.5. The van der Waals surface area contributed by atoms with Crippen molar-refractivity contribution in [3.8, 4) is 23.8 Å². The zero-order valence-electron chi connectivity index (χ0n) is 8.92.